The molecule has 1 fully saturated rings. The van der Waals surface area contributed by atoms with Crippen molar-refractivity contribution in [2.24, 2.45) is 5.92 Å². The molecule has 224 valence electrons. The Morgan fingerprint density at radius 1 is 0.932 bits per heavy atom. The van der Waals surface area contributed by atoms with Gasteiger partial charge in [0.25, 0.3) is 5.91 Å². The van der Waals surface area contributed by atoms with E-state index in [-0.39, 0.29) is 17.3 Å². The zero-order valence-corrected chi connectivity index (χ0v) is 25.1. The average Bonchev–Trinajstić information content (AvgIpc) is 3.44. The van der Waals surface area contributed by atoms with E-state index in [1.807, 2.05) is 24.3 Å². The van der Waals surface area contributed by atoms with E-state index in [9.17, 15) is 19.1 Å². The first kappa shape index (κ1) is 29.7. The number of aromatic nitrogens is 2. The summed E-state index contributed by atoms with van der Waals surface area (Å²) in [5, 5.41) is 14.0. The summed E-state index contributed by atoms with van der Waals surface area (Å²) in [6.45, 7) is 1.58. The van der Waals surface area contributed by atoms with Crippen LogP contribution in [-0.4, -0.2) is 44.9 Å². The van der Waals surface area contributed by atoms with Crippen molar-refractivity contribution in [3.8, 4) is 11.4 Å². The number of imidazole rings is 1. The van der Waals surface area contributed by atoms with E-state index in [1.54, 1.807) is 41.3 Å². The van der Waals surface area contributed by atoms with Crippen molar-refractivity contribution < 1.29 is 19.1 Å². The Kier molecular flexibility index (Phi) is 8.55. The number of carbonyl (C=O) groups is 2. The number of carboxylic acid groups (broad SMARTS) is 1. The quantitative estimate of drug-likeness (QED) is 0.161. The number of fused-ring (bicyclic) bond motifs is 1. The Morgan fingerprint density at radius 3 is 2.32 bits per heavy atom. The second-order valence-corrected chi connectivity index (χ2v) is 11.9. The number of rotatable bonds is 8. The first-order chi connectivity index (χ1) is 21.2. The Hall–Kier alpha value is -4.40. The van der Waals surface area contributed by atoms with Crippen molar-refractivity contribution in [1.82, 2.24) is 14.9 Å². The van der Waals surface area contributed by atoms with Gasteiger partial charge in [-0.05, 0) is 78.8 Å². The molecule has 0 radical (unpaired) electrons. The summed E-state index contributed by atoms with van der Waals surface area (Å²) in [5.41, 5.74) is 5.23. The van der Waals surface area contributed by atoms with Crippen LogP contribution in [0.1, 0.15) is 44.7 Å². The van der Waals surface area contributed by atoms with Gasteiger partial charge < -0.3 is 20.3 Å². The summed E-state index contributed by atoms with van der Waals surface area (Å²) in [5.74, 6) is -0.436. The molecule has 3 N–H and O–H groups in total. The number of aromatic amines is 1. The van der Waals surface area contributed by atoms with Crippen LogP contribution in [0.4, 0.5) is 10.1 Å². The van der Waals surface area contributed by atoms with Gasteiger partial charge in [-0.15, -0.1) is 0 Å². The van der Waals surface area contributed by atoms with Crippen molar-refractivity contribution in [3.63, 3.8) is 0 Å². The number of amides is 1. The zero-order chi connectivity index (χ0) is 30.8. The molecule has 1 aliphatic rings. The number of aromatic carboxylic acids is 1. The van der Waals surface area contributed by atoms with E-state index in [2.05, 4.69) is 15.3 Å². The van der Waals surface area contributed by atoms with Gasteiger partial charge in [-0.2, -0.15) is 0 Å². The largest absolute Gasteiger partial charge is 0.478 e. The minimum atomic E-state index is -1.11. The van der Waals surface area contributed by atoms with Crippen LogP contribution < -0.4 is 5.32 Å². The van der Waals surface area contributed by atoms with Gasteiger partial charge in [0.15, 0.2) is 0 Å². The lowest BCUT2D eigenvalue weighted by Crippen LogP contribution is -2.39. The van der Waals surface area contributed by atoms with Gasteiger partial charge in [-0.3, -0.25) is 4.79 Å². The fourth-order valence-electron chi connectivity index (χ4n) is 5.60. The molecule has 1 aromatic heterocycles. The van der Waals surface area contributed by atoms with E-state index in [0.29, 0.717) is 52.7 Å². The SMILES string of the molecule is O=C(O)c1cc(C(=O)N2CCC(Cc3ccc(F)cc3)CC2)ccc1NCc1ccc(-c2nc3cc(Cl)c(Cl)cc3[nH]2)cc1. The molecule has 1 aliphatic heterocycles. The van der Waals surface area contributed by atoms with Crippen LogP contribution >= 0.6 is 23.2 Å². The highest BCUT2D eigenvalue weighted by Crippen LogP contribution is 2.29. The lowest BCUT2D eigenvalue weighted by atomic mass is 9.90. The summed E-state index contributed by atoms with van der Waals surface area (Å²) in [7, 11) is 0. The van der Waals surface area contributed by atoms with Gasteiger partial charge in [0.05, 0.1) is 26.6 Å². The maximum absolute atomic E-state index is 13.3. The predicted molar refractivity (Wildman–Crippen MR) is 171 cm³/mol. The number of halogens is 3. The maximum atomic E-state index is 13.3. The number of nitrogens with one attached hydrogen (secondary N) is 2. The third-order valence-electron chi connectivity index (χ3n) is 8.07. The number of H-pyrrole nitrogens is 1. The molecule has 44 heavy (non-hydrogen) atoms. The lowest BCUT2D eigenvalue weighted by Gasteiger charge is -2.32. The molecule has 10 heteroatoms. The molecular weight excluding hydrogens is 602 g/mol. The van der Waals surface area contributed by atoms with Gasteiger partial charge in [0.2, 0.25) is 0 Å². The van der Waals surface area contributed by atoms with Crippen LogP contribution in [-0.2, 0) is 13.0 Å². The Bertz CT molecular complexity index is 1790. The van der Waals surface area contributed by atoms with Gasteiger partial charge in [-0.1, -0.05) is 59.6 Å². The lowest BCUT2D eigenvalue weighted by molar-refractivity contribution is 0.0690. The van der Waals surface area contributed by atoms with E-state index in [1.165, 1.54) is 18.2 Å². The van der Waals surface area contributed by atoms with E-state index >= 15 is 0 Å². The molecule has 0 bridgehead atoms. The van der Waals surface area contributed by atoms with Crippen molar-refractivity contribution in [3.05, 3.63) is 117 Å². The first-order valence-corrected chi connectivity index (χ1v) is 15.1. The summed E-state index contributed by atoms with van der Waals surface area (Å²) in [4.78, 5) is 35.0. The van der Waals surface area contributed by atoms with Crippen molar-refractivity contribution >= 4 is 51.8 Å². The van der Waals surface area contributed by atoms with Crippen molar-refractivity contribution in [2.45, 2.75) is 25.8 Å². The van der Waals surface area contributed by atoms with Crippen LogP contribution in [0.3, 0.4) is 0 Å². The maximum Gasteiger partial charge on any atom is 0.337 e. The summed E-state index contributed by atoms with van der Waals surface area (Å²) in [6.07, 6.45) is 2.53. The highest BCUT2D eigenvalue weighted by atomic mass is 35.5. The minimum absolute atomic E-state index is 0.0401. The Morgan fingerprint density at radius 2 is 1.61 bits per heavy atom. The Balaban J connectivity index is 1.08. The summed E-state index contributed by atoms with van der Waals surface area (Å²) < 4.78 is 13.2. The monoisotopic (exact) mass is 630 g/mol. The molecule has 0 saturated carbocycles. The molecule has 1 saturated heterocycles. The molecule has 1 amide bonds. The standard InChI is InChI=1S/C34H29Cl2FN4O3/c35-27-17-30-31(18-28(27)36)40-32(39-30)23-5-1-22(2-6-23)19-38-29-10-7-24(16-26(29)34(43)44)33(42)41-13-11-21(12-14-41)15-20-3-8-25(37)9-4-20/h1-10,16-18,21,38H,11-15,19H2,(H,39,40)(H,43,44). The average molecular weight is 632 g/mol. The van der Waals surface area contributed by atoms with Gasteiger partial charge in [0.1, 0.15) is 11.6 Å². The topological polar surface area (TPSA) is 98.3 Å². The van der Waals surface area contributed by atoms with Crippen LogP contribution in [0.2, 0.25) is 10.0 Å². The third kappa shape index (κ3) is 6.56. The fourth-order valence-corrected chi connectivity index (χ4v) is 5.93. The van der Waals surface area contributed by atoms with Crippen molar-refractivity contribution in [1.29, 1.82) is 0 Å². The number of piperidine rings is 1. The molecule has 2 heterocycles. The summed E-state index contributed by atoms with van der Waals surface area (Å²) >= 11 is 12.2. The van der Waals surface area contributed by atoms with E-state index in [0.717, 1.165) is 47.0 Å². The molecule has 0 atom stereocenters. The number of carboxylic acids is 1. The molecule has 0 unspecified atom stereocenters. The fraction of sp³-hybridized carbons (Fsp3) is 0.206. The van der Waals surface area contributed by atoms with Gasteiger partial charge in [0, 0.05) is 36.4 Å². The van der Waals surface area contributed by atoms with Crippen LogP contribution in [0.5, 0.6) is 0 Å². The Labute approximate surface area is 263 Å². The second-order valence-electron chi connectivity index (χ2n) is 11.1. The molecule has 0 spiro atoms. The van der Waals surface area contributed by atoms with Gasteiger partial charge >= 0.3 is 5.97 Å². The zero-order valence-electron chi connectivity index (χ0n) is 23.6. The van der Waals surface area contributed by atoms with Crippen molar-refractivity contribution in [2.75, 3.05) is 18.4 Å². The van der Waals surface area contributed by atoms with Gasteiger partial charge in [-0.25, -0.2) is 14.2 Å². The highest BCUT2D eigenvalue weighted by Gasteiger charge is 2.25. The number of anilines is 1. The van der Waals surface area contributed by atoms with E-state index in [4.69, 9.17) is 23.2 Å². The molecule has 4 aromatic carbocycles. The summed E-state index contributed by atoms with van der Waals surface area (Å²) in [6, 6.07) is 22.5. The highest BCUT2D eigenvalue weighted by molar-refractivity contribution is 6.42. The smallest absolute Gasteiger partial charge is 0.337 e. The number of hydrogen-bond donors (Lipinski definition) is 3. The van der Waals surface area contributed by atoms with Crippen LogP contribution in [0, 0.1) is 11.7 Å². The molecule has 5 aromatic rings. The number of carbonyl (C=O) groups excluding carboxylic acids is 1. The van der Waals surface area contributed by atoms with E-state index < -0.39 is 5.97 Å². The predicted octanol–water partition coefficient (Wildman–Crippen LogP) is 8.08. The minimum Gasteiger partial charge on any atom is -0.478 e. The second kappa shape index (κ2) is 12.7. The number of nitrogens with zero attached hydrogens (tertiary/aromatic N) is 2. The normalized spacial score (nSPS) is 13.8. The van der Waals surface area contributed by atoms with Crippen LogP contribution in [0.15, 0.2) is 78.9 Å². The third-order valence-corrected chi connectivity index (χ3v) is 8.79. The number of benzene rings is 4. The molecule has 7 nitrogen and oxygen atoms in total. The number of hydrogen-bond acceptors (Lipinski definition) is 4. The first-order valence-electron chi connectivity index (χ1n) is 14.3. The molecular formula is C34H29Cl2FN4O3. The molecule has 6 rings (SSSR count). The number of likely N-dealkylation sites (tertiary alicyclic amines) is 1. The van der Waals surface area contributed by atoms with Crippen LogP contribution in [0.25, 0.3) is 22.4 Å². The molecule has 0 aliphatic carbocycles.